The van der Waals surface area contributed by atoms with Crippen LogP contribution in [0.15, 0.2) is 30.3 Å². The van der Waals surface area contributed by atoms with Crippen LogP contribution in [0.1, 0.15) is 23.7 Å². The maximum atomic E-state index is 12.1. The molecule has 0 heterocycles. The number of rotatable bonds is 6. The molecule has 1 rings (SSSR count). The summed E-state index contributed by atoms with van der Waals surface area (Å²) in [7, 11) is 2.95. The van der Waals surface area contributed by atoms with E-state index in [4.69, 9.17) is 5.11 Å². The van der Waals surface area contributed by atoms with Crippen LogP contribution in [0.4, 0.5) is 0 Å². The van der Waals surface area contributed by atoms with Crippen molar-refractivity contribution in [3.63, 3.8) is 0 Å². The number of carbonyl (C=O) groups excluding carboxylic acids is 2. The predicted octanol–water partition coefficient (Wildman–Crippen LogP) is 1.08. The third kappa shape index (κ3) is 4.30. The lowest BCUT2D eigenvalue weighted by Gasteiger charge is -2.26. The van der Waals surface area contributed by atoms with Gasteiger partial charge in [-0.1, -0.05) is 25.1 Å². The van der Waals surface area contributed by atoms with E-state index in [1.807, 2.05) is 0 Å². The quantitative estimate of drug-likeness (QED) is 0.851. The second-order valence-corrected chi connectivity index (χ2v) is 4.79. The number of hydrogen-bond donors (Lipinski definition) is 1. The summed E-state index contributed by atoms with van der Waals surface area (Å²) in [4.78, 5) is 37.7. The third-order valence-electron chi connectivity index (χ3n) is 3.27. The number of nitrogens with zero attached hydrogens (tertiary/aromatic N) is 2. The molecule has 114 valence electrons. The van der Waals surface area contributed by atoms with E-state index in [1.165, 1.54) is 19.0 Å². The van der Waals surface area contributed by atoms with Gasteiger partial charge in [0.25, 0.3) is 5.91 Å². The summed E-state index contributed by atoms with van der Waals surface area (Å²) in [5, 5.41) is 9.04. The minimum absolute atomic E-state index is 0.159. The van der Waals surface area contributed by atoms with Crippen molar-refractivity contribution in [2.75, 3.05) is 20.6 Å². The van der Waals surface area contributed by atoms with Crippen molar-refractivity contribution in [3.8, 4) is 0 Å². The molecule has 1 unspecified atom stereocenters. The van der Waals surface area contributed by atoms with Crippen LogP contribution in [0.2, 0.25) is 0 Å². The summed E-state index contributed by atoms with van der Waals surface area (Å²) >= 11 is 0. The van der Waals surface area contributed by atoms with Crippen LogP contribution in [-0.4, -0.2) is 59.4 Å². The normalized spacial score (nSPS) is 11.6. The van der Waals surface area contributed by atoms with Crippen molar-refractivity contribution in [1.82, 2.24) is 9.80 Å². The molecule has 0 aromatic heterocycles. The molecule has 1 aromatic carbocycles. The second kappa shape index (κ2) is 7.42. The number of benzene rings is 1. The van der Waals surface area contributed by atoms with Gasteiger partial charge in [0.05, 0.1) is 6.54 Å². The van der Waals surface area contributed by atoms with Gasteiger partial charge in [-0.2, -0.15) is 0 Å². The highest BCUT2D eigenvalue weighted by molar-refractivity contribution is 5.96. The van der Waals surface area contributed by atoms with Crippen LogP contribution >= 0.6 is 0 Å². The summed E-state index contributed by atoms with van der Waals surface area (Å²) in [5.74, 6) is -1.73. The highest BCUT2D eigenvalue weighted by atomic mass is 16.4. The summed E-state index contributed by atoms with van der Waals surface area (Å²) in [6.07, 6.45) is 0.313. The molecule has 0 aliphatic heterocycles. The summed E-state index contributed by atoms with van der Waals surface area (Å²) in [6, 6.07) is 7.74. The minimum atomic E-state index is -1.05. The Morgan fingerprint density at radius 1 is 1.14 bits per heavy atom. The lowest BCUT2D eigenvalue weighted by Crippen LogP contribution is -2.46. The first-order chi connectivity index (χ1) is 9.88. The van der Waals surface area contributed by atoms with Crippen molar-refractivity contribution < 1.29 is 19.5 Å². The van der Waals surface area contributed by atoms with E-state index in [-0.39, 0.29) is 12.5 Å². The molecule has 0 radical (unpaired) electrons. The Balaban J connectivity index is 2.70. The van der Waals surface area contributed by atoms with Gasteiger partial charge in [-0.05, 0) is 18.6 Å². The summed E-state index contributed by atoms with van der Waals surface area (Å²) < 4.78 is 0. The number of carbonyl (C=O) groups is 3. The van der Waals surface area contributed by atoms with Gasteiger partial charge in [0.1, 0.15) is 6.04 Å². The maximum Gasteiger partial charge on any atom is 0.326 e. The summed E-state index contributed by atoms with van der Waals surface area (Å²) in [5.41, 5.74) is 0.487. The molecule has 1 atom stereocenters. The topological polar surface area (TPSA) is 77.9 Å². The molecule has 0 fully saturated rings. The molecule has 6 nitrogen and oxygen atoms in total. The van der Waals surface area contributed by atoms with Gasteiger partial charge in [0, 0.05) is 19.7 Å². The van der Waals surface area contributed by atoms with Gasteiger partial charge < -0.3 is 14.9 Å². The standard InChI is InChI=1S/C15H20N2O4/c1-4-12(15(20)21)17(3)13(18)10-16(2)14(19)11-8-6-5-7-9-11/h5-9,12H,4,10H2,1-3H3,(H,20,21). The summed E-state index contributed by atoms with van der Waals surface area (Å²) in [6.45, 7) is 1.54. The van der Waals surface area contributed by atoms with Gasteiger partial charge in [-0.15, -0.1) is 0 Å². The lowest BCUT2D eigenvalue weighted by atomic mass is 10.2. The Hall–Kier alpha value is -2.37. The SMILES string of the molecule is CCC(C(=O)O)N(C)C(=O)CN(C)C(=O)c1ccccc1. The van der Waals surface area contributed by atoms with Crippen molar-refractivity contribution in [2.45, 2.75) is 19.4 Å². The van der Waals surface area contributed by atoms with Crippen LogP contribution in [0.3, 0.4) is 0 Å². The van der Waals surface area contributed by atoms with E-state index in [1.54, 1.807) is 37.3 Å². The fourth-order valence-electron chi connectivity index (χ4n) is 1.98. The largest absolute Gasteiger partial charge is 0.480 e. The van der Waals surface area contributed by atoms with E-state index in [2.05, 4.69) is 0 Å². The number of carboxylic acid groups (broad SMARTS) is 1. The third-order valence-corrected chi connectivity index (χ3v) is 3.27. The fourth-order valence-corrected chi connectivity index (χ4v) is 1.98. The molecule has 0 saturated heterocycles. The van der Waals surface area contributed by atoms with Crippen molar-refractivity contribution in [3.05, 3.63) is 35.9 Å². The van der Waals surface area contributed by atoms with Crippen molar-refractivity contribution in [2.24, 2.45) is 0 Å². The molecule has 6 heteroatoms. The van der Waals surface area contributed by atoms with Crippen LogP contribution in [-0.2, 0) is 9.59 Å². The molecule has 0 bridgehead atoms. The van der Waals surface area contributed by atoms with Gasteiger partial charge in [0.15, 0.2) is 0 Å². The number of amides is 2. The first kappa shape index (κ1) is 16.7. The Bertz CT molecular complexity index is 516. The zero-order valence-electron chi connectivity index (χ0n) is 12.4. The van der Waals surface area contributed by atoms with E-state index >= 15 is 0 Å². The zero-order valence-corrected chi connectivity index (χ0v) is 12.4. The lowest BCUT2D eigenvalue weighted by molar-refractivity contribution is -0.149. The Labute approximate surface area is 124 Å². The van der Waals surface area contributed by atoms with Crippen molar-refractivity contribution in [1.29, 1.82) is 0 Å². The molecule has 21 heavy (non-hydrogen) atoms. The fraction of sp³-hybridized carbons (Fsp3) is 0.400. The number of carboxylic acids is 1. The molecule has 0 saturated carbocycles. The zero-order chi connectivity index (χ0) is 16.0. The number of likely N-dealkylation sites (N-methyl/N-ethyl adjacent to an activating group) is 2. The average Bonchev–Trinajstić information content (AvgIpc) is 2.47. The molecular weight excluding hydrogens is 272 g/mol. The average molecular weight is 292 g/mol. The van der Waals surface area contributed by atoms with E-state index < -0.39 is 17.9 Å². The molecule has 0 aliphatic carbocycles. The van der Waals surface area contributed by atoms with E-state index in [0.29, 0.717) is 12.0 Å². The minimum Gasteiger partial charge on any atom is -0.480 e. The Morgan fingerprint density at radius 2 is 1.71 bits per heavy atom. The van der Waals surface area contributed by atoms with Crippen LogP contribution < -0.4 is 0 Å². The van der Waals surface area contributed by atoms with Gasteiger partial charge in [-0.3, -0.25) is 9.59 Å². The van der Waals surface area contributed by atoms with Gasteiger partial charge >= 0.3 is 5.97 Å². The molecule has 0 aliphatic rings. The van der Waals surface area contributed by atoms with Crippen LogP contribution in [0.5, 0.6) is 0 Å². The van der Waals surface area contributed by atoms with Gasteiger partial charge in [0.2, 0.25) is 5.91 Å². The van der Waals surface area contributed by atoms with E-state index in [0.717, 1.165) is 4.90 Å². The molecular formula is C15H20N2O4. The van der Waals surface area contributed by atoms with Crippen LogP contribution in [0.25, 0.3) is 0 Å². The molecule has 1 aromatic rings. The molecule has 1 N–H and O–H groups in total. The number of aliphatic carboxylic acids is 1. The van der Waals surface area contributed by atoms with Crippen molar-refractivity contribution >= 4 is 17.8 Å². The van der Waals surface area contributed by atoms with Gasteiger partial charge in [-0.25, -0.2) is 4.79 Å². The first-order valence-corrected chi connectivity index (χ1v) is 6.67. The Morgan fingerprint density at radius 3 is 2.19 bits per heavy atom. The highest BCUT2D eigenvalue weighted by Crippen LogP contribution is 2.06. The molecule has 0 spiro atoms. The first-order valence-electron chi connectivity index (χ1n) is 6.67. The van der Waals surface area contributed by atoms with E-state index in [9.17, 15) is 14.4 Å². The monoisotopic (exact) mass is 292 g/mol. The highest BCUT2D eigenvalue weighted by Gasteiger charge is 2.26. The smallest absolute Gasteiger partial charge is 0.326 e. The maximum absolute atomic E-state index is 12.1. The predicted molar refractivity (Wildman–Crippen MR) is 77.9 cm³/mol. The Kier molecular flexibility index (Phi) is 5.90. The molecule has 2 amide bonds. The number of hydrogen-bond acceptors (Lipinski definition) is 3. The van der Waals surface area contributed by atoms with Crippen LogP contribution in [0, 0.1) is 0 Å². The second-order valence-electron chi connectivity index (χ2n) is 4.79.